The zero-order chi connectivity index (χ0) is 8.55. The number of allylic oxidation sites excluding steroid dienone is 2. The molecule has 2 rings (SSSR count). The molecule has 0 aromatic carbocycles. The van der Waals surface area contributed by atoms with E-state index in [0.717, 1.165) is 18.6 Å². The average Bonchev–Trinajstić information content (AvgIpc) is 2.04. The van der Waals surface area contributed by atoms with Gasteiger partial charge in [0.15, 0.2) is 5.78 Å². The molecular formula is C10H14O2. The fourth-order valence-electron chi connectivity index (χ4n) is 2.14. The predicted octanol–water partition coefficient (Wildman–Crippen LogP) is 2.05. The van der Waals surface area contributed by atoms with E-state index in [1.165, 1.54) is 12.8 Å². The smallest absolute Gasteiger partial charge is 0.165 e. The van der Waals surface area contributed by atoms with Gasteiger partial charge in [-0.3, -0.25) is 4.79 Å². The van der Waals surface area contributed by atoms with E-state index in [9.17, 15) is 4.79 Å². The van der Waals surface area contributed by atoms with Crippen molar-refractivity contribution in [3.8, 4) is 0 Å². The highest BCUT2D eigenvalue weighted by atomic mass is 16.5. The van der Waals surface area contributed by atoms with Crippen LogP contribution < -0.4 is 0 Å². The summed E-state index contributed by atoms with van der Waals surface area (Å²) in [5.74, 6) is 1.24. The van der Waals surface area contributed by atoms with Crippen molar-refractivity contribution in [1.82, 2.24) is 0 Å². The minimum absolute atomic E-state index is 0.169. The van der Waals surface area contributed by atoms with Gasteiger partial charge in [-0.1, -0.05) is 6.42 Å². The summed E-state index contributed by atoms with van der Waals surface area (Å²) >= 11 is 0. The summed E-state index contributed by atoms with van der Waals surface area (Å²) in [6.45, 7) is 1.86. The molecule has 0 N–H and O–H groups in total. The summed E-state index contributed by atoms with van der Waals surface area (Å²) in [6, 6.07) is 0. The average molecular weight is 166 g/mol. The van der Waals surface area contributed by atoms with E-state index >= 15 is 0 Å². The molecule has 1 saturated carbocycles. The lowest BCUT2D eigenvalue weighted by atomic mass is 9.82. The van der Waals surface area contributed by atoms with E-state index in [1.807, 2.05) is 6.92 Å². The van der Waals surface area contributed by atoms with Gasteiger partial charge >= 0.3 is 0 Å². The Labute approximate surface area is 72.6 Å². The second-order valence-electron chi connectivity index (χ2n) is 3.70. The number of ketones is 1. The Bertz CT molecular complexity index is 230. The zero-order valence-electron chi connectivity index (χ0n) is 7.38. The molecule has 1 aliphatic heterocycles. The van der Waals surface area contributed by atoms with Gasteiger partial charge in [0.25, 0.3) is 0 Å². The Morgan fingerprint density at radius 1 is 1.42 bits per heavy atom. The monoisotopic (exact) mass is 166 g/mol. The maximum Gasteiger partial charge on any atom is 0.165 e. The quantitative estimate of drug-likeness (QED) is 0.550. The molecule has 0 saturated heterocycles. The van der Waals surface area contributed by atoms with E-state index in [2.05, 4.69) is 0 Å². The fraction of sp³-hybridized carbons (Fsp3) is 0.700. The molecule has 0 radical (unpaired) electrons. The van der Waals surface area contributed by atoms with Gasteiger partial charge in [-0.15, -0.1) is 0 Å². The Morgan fingerprint density at radius 2 is 2.17 bits per heavy atom. The first kappa shape index (κ1) is 7.84. The molecule has 0 aromatic rings. The van der Waals surface area contributed by atoms with Crippen LogP contribution in [0.5, 0.6) is 0 Å². The van der Waals surface area contributed by atoms with Gasteiger partial charge in [0, 0.05) is 6.08 Å². The van der Waals surface area contributed by atoms with Crippen LogP contribution in [0.25, 0.3) is 0 Å². The summed E-state index contributed by atoms with van der Waals surface area (Å²) in [6.07, 6.45) is 6.31. The van der Waals surface area contributed by atoms with Crippen molar-refractivity contribution < 1.29 is 9.53 Å². The first-order valence-corrected chi connectivity index (χ1v) is 4.66. The third kappa shape index (κ3) is 1.26. The van der Waals surface area contributed by atoms with Gasteiger partial charge in [0.2, 0.25) is 0 Å². The van der Waals surface area contributed by atoms with Crippen LogP contribution in [0.15, 0.2) is 11.8 Å². The Kier molecular flexibility index (Phi) is 1.91. The summed E-state index contributed by atoms with van der Waals surface area (Å²) in [4.78, 5) is 11.5. The lowest BCUT2D eigenvalue weighted by molar-refractivity contribution is -0.126. The van der Waals surface area contributed by atoms with E-state index in [1.54, 1.807) is 6.08 Å². The molecule has 12 heavy (non-hydrogen) atoms. The fourth-order valence-corrected chi connectivity index (χ4v) is 2.14. The Morgan fingerprint density at radius 3 is 3.00 bits per heavy atom. The normalized spacial score (nSPS) is 35.1. The molecule has 0 unspecified atom stereocenters. The van der Waals surface area contributed by atoms with Crippen molar-refractivity contribution in [2.45, 2.75) is 38.7 Å². The molecular weight excluding hydrogens is 152 g/mol. The molecule has 66 valence electrons. The lowest BCUT2D eigenvalue weighted by Gasteiger charge is -2.33. The third-order valence-corrected chi connectivity index (χ3v) is 2.75. The Balaban J connectivity index is 2.18. The van der Waals surface area contributed by atoms with E-state index in [-0.39, 0.29) is 17.8 Å². The first-order chi connectivity index (χ1) is 5.77. The van der Waals surface area contributed by atoms with Crippen LogP contribution in [0.1, 0.15) is 32.6 Å². The van der Waals surface area contributed by atoms with Crippen LogP contribution >= 0.6 is 0 Å². The first-order valence-electron chi connectivity index (χ1n) is 4.66. The van der Waals surface area contributed by atoms with Crippen molar-refractivity contribution in [2.75, 3.05) is 0 Å². The van der Waals surface area contributed by atoms with Crippen LogP contribution in [-0.2, 0) is 9.53 Å². The SMILES string of the molecule is CC1=CC(=O)[C@H]2CCCC[C@H]2O1. The van der Waals surface area contributed by atoms with Gasteiger partial charge in [-0.05, 0) is 26.2 Å². The largest absolute Gasteiger partial charge is 0.494 e. The van der Waals surface area contributed by atoms with Crippen LogP contribution in [-0.4, -0.2) is 11.9 Å². The second kappa shape index (κ2) is 2.92. The minimum Gasteiger partial charge on any atom is -0.494 e. The predicted molar refractivity (Wildman–Crippen MR) is 45.6 cm³/mol. The number of carbonyl (C=O) groups is 1. The van der Waals surface area contributed by atoms with Crippen molar-refractivity contribution in [2.24, 2.45) is 5.92 Å². The van der Waals surface area contributed by atoms with E-state index in [4.69, 9.17) is 4.74 Å². The van der Waals surface area contributed by atoms with Crippen LogP contribution in [0.2, 0.25) is 0 Å². The third-order valence-electron chi connectivity index (χ3n) is 2.75. The zero-order valence-corrected chi connectivity index (χ0v) is 7.38. The summed E-state index contributed by atoms with van der Waals surface area (Å²) in [5, 5.41) is 0. The molecule has 0 amide bonds. The molecule has 1 fully saturated rings. The molecule has 1 heterocycles. The molecule has 1 aliphatic carbocycles. The molecule has 2 heteroatoms. The molecule has 2 aliphatic rings. The van der Waals surface area contributed by atoms with Gasteiger partial charge < -0.3 is 4.74 Å². The van der Waals surface area contributed by atoms with Crippen molar-refractivity contribution in [1.29, 1.82) is 0 Å². The highest BCUT2D eigenvalue weighted by Crippen LogP contribution is 2.32. The number of rotatable bonds is 0. The number of ether oxygens (including phenoxy) is 1. The number of fused-ring (bicyclic) bond motifs is 1. The second-order valence-corrected chi connectivity index (χ2v) is 3.70. The molecule has 2 atom stereocenters. The van der Waals surface area contributed by atoms with Crippen molar-refractivity contribution in [3.05, 3.63) is 11.8 Å². The maximum atomic E-state index is 11.5. The summed E-state index contributed by atoms with van der Waals surface area (Å²) in [5.41, 5.74) is 0. The van der Waals surface area contributed by atoms with Crippen LogP contribution in [0.3, 0.4) is 0 Å². The minimum atomic E-state index is 0.169. The highest BCUT2D eigenvalue weighted by Gasteiger charge is 2.34. The molecule has 2 nitrogen and oxygen atoms in total. The molecule has 0 spiro atoms. The number of hydrogen-bond acceptors (Lipinski definition) is 2. The molecule has 0 aromatic heterocycles. The van der Waals surface area contributed by atoms with Crippen LogP contribution in [0, 0.1) is 5.92 Å². The van der Waals surface area contributed by atoms with Crippen molar-refractivity contribution >= 4 is 5.78 Å². The summed E-state index contributed by atoms with van der Waals surface area (Å²) < 4.78 is 5.60. The molecule has 0 bridgehead atoms. The number of hydrogen-bond donors (Lipinski definition) is 0. The van der Waals surface area contributed by atoms with Gasteiger partial charge in [0.1, 0.15) is 6.10 Å². The maximum absolute atomic E-state index is 11.5. The van der Waals surface area contributed by atoms with E-state index < -0.39 is 0 Å². The topological polar surface area (TPSA) is 26.3 Å². The van der Waals surface area contributed by atoms with Gasteiger partial charge in [-0.2, -0.15) is 0 Å². The van der Waals surface area contributed by atoms with Crippen LogP contribution in [0.4, 0.5) is 0 Å². The van der Waals surface area contributed by atoms with E-state index in [0.29, 0.717) is 0 Å². The Hall–Kier alpha value is -0.790. The van der Waals surface area contributed by atoms with Gasteiger partial charge in [-0.25, -0.2) is 0 Å². The standard InChI is InChI=1S/C10H14O2/c1-7-6-9(11)8-4-2-3-5-10(8)12-7/h6,8,10H,2-5H2,1H3/t8-,10-/m1/s1. The number of carbonyl (C=O) groups excluding carboxylic acids is 1. The van der Waals surface area contributed by atoms with Gasteiger partial charge in [0.05, 0.1) is 11.7 Å². The lowest BCUT2D eigenvalue weighted by Crippen LogP contribution is -2.35. The summed E-state index contributed by atoms with van der Waals surface area (Å²) in [7, 11) is 0. The highest BCUT2D eigenvalue weighted by molar-refractivity contribution is 5.93. The van der Waals surface area contributed by atoms with Crippen molar-refractivity contribution in [3.63, 3.8) is 0 Å².